The summed E-state index contributed by atoms with van der Waals surface area (Å²) < 4.78 is 21.0. The van der Waals surface area contributed by atoms with Crippen molar-refractivity contribution in [2.24, 2.45) is 0 Å². The number of rotatable bonds is 2. The van der Waals surface area contributed by atoms with E-state index in [0.717, 1.165) is 0 Å². The molecule has 0 saturated carbocycles. The van der Waals surface area contributed by atoms with E-state index in [0.29, 0.717) is 32.7 Å². The Hall–Kier alpha value is -2.86. The molecule has 0 radical (unpaired) electrons. The Bertz CT molecular complexity index is 1150. The van der Waals surface area contributed by atoms with Gasteiger partial charge in [-0.05, 0) is 24.3 Å². The largest absolute Gasteiger partial charge is 0.463 e. The van der Waals surface area contributed by atoms with Gasteiger partial charge in [0.05, 0.1) is 27.9 Å². The van der Waals surface area contributed by atoms with Crippen molar-refractivity contribution in [3.05, 3.63) is 64.0 Å². The van der Waals surface area contributed by atoms with E-state index in [2.05, 4.69) is 10.3 Å². The number of nitrogens with one attached hydrogen (secondary N) is 1. The molecule has 0 bridgehead atoms. The first-order chi connectivity index (χ1) is 11.6. The fourth-order valence-corrected chi connectivity index (χ4v) is 3.09. The van der Waals surface area contributed by atoms with E-state index in [1.807, 2.05) is 0 Å². The third kappa shape index (κ3) is 2.00. The molecule has 0 saturated heterocycles. The van der Waals surface area contributed by atoms with Crippen LogP contribution in [0.4, 0.5) is 10.2 Å². The standard InChI is InChI=1S/C17H11ClFN3O2/c1-20-16-14-13(8-10(18)9-6-7-24-15(9)14)22(17(23)21-16)12-5-3-2-4-11(12)19/h2-8H,1H3,(H,20,21,23). The van der Waals surface area contributed by atoms with Gasteiger partial charge in [-0.1, -0.05) is 23.7 Å². The van der Waals surface area contributed by atoms with Crippen LogP contribution in [-0.4, -0.2) is 16.6 Å². The molecule has 120 valence electrons. The number of benzene rings is 2. The van der Waals surface area contributed by atoms with Crippen molar-refractivity contribution in [1.29, 1.82) is 0 Å². The number of hydrogen-bond donors (Lipinski definition) is 1. The molecular formula is C17H11ClFN3O2. The van der Waals surface area contributed by atoms with Crippen LogP contribution >= 0.6 is 11.6 Å². The fraction of sp³-hybridized carbons (Fsp3) is 0.0588. The second-order valence-electron chi connectivity index (χ2n) is 5.20. The molecule has 0 atom stereocenters. The summed E-state index contributed by atoms with van der Waals surface area (Å²) in [6, 6.07) is 9.35. The molecule has 0 aliphatic heterocycles. The molecule has 5 nitrogen and oxygen atoms in total. The summed E-state index contributed by atoms with van der Waals surface area (Å²) in [5.41, 5.74) is 0.389. The van der Waals surface area contributed by atoms with Gasteiger partial charge in [-0.25, -0.2) is 9.18 Å². The summed E-state index contributed by atoms with van der Waals surface area (Å²) in [4.78, 5) is 16.5. The Labute approximate surface area is 140 Å². The van der Waals surface area contributed by atoms with Gasteiger partial charge in [0.1, 0.15) is 17.2 Å². The molecule has 2 aromatic heterocycles. The van der Waals surface area contributed by atoms with Crippen LogP contribution in [0.5, 0.6) is 0 Å². The average Bonchev–Trinajstić information content (AvgIpc) is 3.05. The zero-order valence-corrected chi connectivity index (χ0v) is 13.3. The zero-order chi connectivity index (χ0) is 16.8. The van der Waals surface area contributed by atoms with Gasteiger partial charge in [-0.3, -0.25) is 4.57 Å². The maximum absolute atomic E-state index is 14.3. The molecular weight excluding hydrogens is 333 g/mol. The molecule has 0 fully saturated rings. The quantitative estimate of drug-likeness (QED) is 0.598. The Kier molecular flexibility index (Phi) is 3.28. The normalized spacial score (nSPS) is 11.3. The second-order valence-corrected chi connectivity index (χ2v) is 5.60. The van der Waals surface area contributed by atoms with Crippen molar-refractivity contribution in [1.82, 2.24) is 9.55 Å². The molecule has 0 amide bonds. The van der Waals surface area contributed by atoms with Gasteiger partial charge >= 0.3 is 5.69 Å². The lowest BCUT2D eigenvalue weighted by molar-refractivity contribution is 0.615. The number of hydrogen-bond acceptors (Lipinski definition) is 4. The monoisotopic (exact) mass is 343 g/mol. The predicted octanol–water partition coefficient (Wildman–Crippen LogP) is 3.97. The van der Waals surface area contributed by atoms with Gasteiger partial charge in [0, 0.05) is 12.4 Å². The second kappa shape index (κ2) is 5.35. The number of anilines is 1. The Morgan fingerprint density at radius 3 is 2.83 bits per heavy atom. The van der Waals surface area contributed by atoms with Crippen LogP contribution in [0.2, 0.25) is 5.02 Å². The smallest absolute Gasteiger partial charge is 0.354 e. The van der Waals surface area contributed by atoms with Crippen molar-refractivity contribution in [3.63, 3.8) is 0 Å². The summed E-state index contributed by atoms with van der Waals surface area (Å²) >= 11 is 6.31. The third-order valence-corrected chi connectivity index (χ3v) is 4.19. The highest BCUT2D eigenvalue weighted by Crippen LogP contribution is 2.35. The number of para-hydroxylation sites is 1. The molecule has 0 aliphatic rings. The van der Waals surface area contributed by atoms with Crippen LogP contribution in [-0.2, 0) is 0 Å². The molecule has 24 heavy (non-hydrogen) atoms. The molecule has 1 N–H and O–H groups in total. The SMILES string of the molecule is CNc1nc(=O)n(-c2ccccc2F)c2cc(Cl)c3ccoc3c12. The number of halogens is 2. The number of furan rings is 1. The number of nitrogens with zero attached hydrogens (tertiary/aromatic N) is 2. The summed E-state index contributed by atoms with van der Waals surface area (Å²) in [5.74, 6) is -0.185. The van der Waals surface area contributed by atoms with Crippen LogP contribution in [0, 0.1) is 5.82 Å². The lowest BCUT2D eigenvalue weighted by atomic mass is 10.1. The summed E-state index contributed by atoms with van der Waals surface area (Å²) in [5, 5.41) is 4.55. The first-order valence-electron chi connectivity index (χ1n) is 7.17. The average molecular weight is 344 g/mol. The summed E-state index contributed by atoms with van der Waals surface area (Å²) in [6.07, 6.45) is 1.51. The van der Waals surface area contributed by atoms with E-state index in [9.17, 15) is 9.18 Å². The van der Waals surface area contributed by atoms with Crippen LogP contribution in [0.25, 0.3) is 27.6 Å². The van der Waals surface area contributed by atoms with Crippen molar-refractivity contribution in [2.45, 2.75) is 0 Å². The van der Waals surface area contributed by atoms with Crippen molar-refractivity contribution < 1.29 is 8.81 Å². The topological polar surface area (TPSA) is 60.1 Å². The lowest BCUT2D eigenvalue weighted by Gasteiger charge is -2.14. The van der Waals surface area contributed by atoms with Crippen LogP contribution < -0.4 is 11.0 Å². The van der Waals surface area contributed by atoms with E-state index < -0.39 is 11.5 Å². The fourth-order valence-electron chi connectivity index (χ4n) is 2.83. The minimum absolute atomic E-state index is 0.102. The summed E-state index contributed by atoms with van der Waals surface area (Å²) in [7, 11) is 1.65. The van der Waals surface area contributed by atoms with Gasteiger partial charge in [0.2, 0.25) is 0 Å². The molecule has 7 heteroatoms. The molecule has 0 spiro atoms. The summed E-state index contributed by atoms with van der Waals surface area (Å²) in [6.45, 7) is 0. The molecule has 2 aromatic carbocycles. The van der Waals surface area contributed by atoms with Crippen LogP contribution in [0.3, 0.4) is 0 Å². The van der Waals surface area contributed by atoms with Crippen molar-refractivity contribution in [3.8, 4) is 5.69 Å². The predicted molar refractivity (Wildman–Crippen MR) is 91.6 cm³/mol. The Balaban J connectivity index is 2.27. The maximum atomic E-state index is 14.3. The minimum atomic E-state index is -0.612. The Morgan fingerprint density at radius 1 is 1.29 bits per heavy atom. The molecule has 0 unspecified atom stereocenters. The zero-order valence-electron chi connectivity index (χ0n) is 12.5. The van der Waals surface area contributed by atoms with E-state index in [4.69, 9.17) is 16.0 Å². The molecule has 4 rings (SSSR count). The highest BCUT2D eigenvalue weighted by Gasteiger charge is 2.19. The van der Waals surface area contributed by atoms with Gasteiger partial charge in [0.15, 0.2) is 0 Å². The van der Waals surface area contributed by atoms with Gasteiger partial charge in [-0.15, -0.1) is 0 Å². The van der Waals surface area contributed by atoms with Gasteiger partial charge < -0.3 is 9.73 Å². The third-order valence-electron chi connectivity index (χ3n) is 3.88. The van der Waals surface area contributed by atoms with Gasteiger partial charge in [-0.2, -0.15) is 4.98 Å². The van der Waals surface area contributed by atoms with Crippen LogP contribution in [0.1, 0.15) is 0 Å². The first-order valence-corrected chi connectivity index (χ1v) is 7.54. The van der Waals surface area contributed by atoms with Gasteiger partial charge in [0.25, 0.3) is 0 Å². The maximum Gasteiger partial charge on any atom is 0.354 e. The molecule has 0 aliphatic carbocycles. The lowest BCUT2D eigenvalue weighted by Crippen LogP contribution is -2.24. The van der Waals surface area contributed by atoms with Crippen molar-refractivity contribution in [2.75, 3.05) is 12.4 Å². The van der Waals surface area contributed by atoms with Crippen molar-refractivity contribution >= 4 is 39.3 Å². The number of fused-ring (bicyclic) bond motifs is 3. The van der Waals surface area contributed by atoms with Crippen LogP contribution in [0.15, 0.2) is 51.9 Å². The highest BCUT2D eigenvalue weighted by atomic mass is 35.5. The molecule has 2 heterocycles. The first kappa shape index (κ1) is 14.7. The van der Waals surface area contributed by atoms with E-state index in [1.54, 1.807) is 31.3 Å². The van der Waals surface area contributed by atoms with E-state index in [1.165, 1.54) is 23.0 Å². The highest BCUT2D eigenvalue weighted by molar-refractivity contribution is 6.37. The minimum Gasteiger partial charge on any atom is -0.463 e. The Morgan fingerprint density at radius 2 is 2.08 bits per heavy atom. The molecule has 4 aromatic rings. The van der Waals surface area contributed by atoms with E-state index in [-0.39, 0.29) is 5.69 Å². The van der Waals surface area contributed by atoms with E-state index >= 15 is 0 Å². The number of aromatic nitrogens is 2.